The Kier molecular flexibility index (Phi) is 4.89. The molecule has 0 unspecified atom stereocenters. The maximum absolute atomic E-state index is 6.49. The van der Waals surface area contributed by atoms with Gasteiger partial charge >= 0.3 is 0 Å². The summed E-state index contributed by atoms with van der Waals surface area (Å²) >= 11 is 16.1. The van der Waals surface area contributed by atoms with Crippen LogP contribution < -0.4 is 4.74 Å². The molecule has 0 aliphatic rings. The van der Waals surface area contributed by atoms with Crippen molar-refractivity contribution in [2.75, 3.05) is 7.11 Å². The van der Waals surface area contributed by atoms with Crippen LogP contribution in [0, 0.1) is 0 Å². The van der Waals surface area contributed by atoms with Crippen molar-refractivity contribution >= 4 is 55.9 Å². The van der Waals surface area contributed by atoms with E-state index in [1.54, 1.807) is 13.2 Å². The largest absolute Gasteiger partial charge is 0.495 e. The van der Waals surface area contributed by atoms with Gasteiger partial charge in [0.25, 0.3) is 0 Å². The van der Waals surface area contributed by atoms with Crippen molar-refractivity contribution < 1.29 is 4.74 Å². The van der Waals surface area contributed by atoms with Gasteiger partial charge in [0.1, 0.15) is 21.8 Å². The van der Waals surface area contributed by atoms with Crippen molar-refractivity contribution in [1.29, 1.82) is 0 Å². The normalized spacial score (nSPS) is 11.5. The Balaban J connectivity index is 1.57. The molecule has 9 heteroatoms. The standard InChI is InChI=1S/C21H14BrCl2N5O/c1-30-17-8-12(13(23)9-14(17)24)16-3-2-4-20-25-11(10-29(16)20)7-19-26-15-5-6-18(22)27-21(15)28-19/h2-6,8-10H,7H2,1H3,(H,26,27,28). The molecule has 150 valence electrons. The zero-order valence-corrected chi connectivity index (χ0v) is 18.8. The number of hydrogen-bond donors (Lipinski definition) is 1. The molecule has 0 saturated heterocycles. The summed E-state index contributed by atoms with van der Waals surface area (Å²) in [6.45, 7) is 0. The molecule has 0 amide bonds. The van der Waals surface area contributed by atoms with Crippen molar-refractivity contribution in [3.63, 3.8) is 0 Å². The highest BCUT2D eigenvalue weighted by atomic mass is 79.9. The number of pyridine rings is 2. The lowest BCUT2D eigenvalue weighted by molar-refractivity contribution is 0.415. The molecule has 30 heavy (non-hydrogen) atoms. The number of H-pyrrole nitrogens is 1. The van der Waals surface area contributed by atoms with Gasteiger partial charge in [-0.1, -0.05) is 29.3 Å². The molecule has 6 nitrogen and oxygen atoms in total. The topological polar surface area (TPSA) is 68.1 Å². The number of halogens is 3. The second kappa shape index (κ2) is 7.58. The third kappa shape index (κ3) is 3.43. The van der Waals surface area contributed by atoms with Gasteiger partial charge in [-0.3, -0.25) is 4.40 Å². The van der Waals surface area contributed by atoms with Crippen LogP contribution in [0.5, 0.6) is 5.75 Å². The predicted octanol–water partition coefficient (Wildman–Crippen LogP) is 5.94. The minimum atomic E-state index is 0.467. The van der Waals surface area contributed by atoms with Crippen molar-refractivity contribution in [3.05, 3.63) is 74.8 Å². The highest BCUT2D eigenvalue weighted by Gasteiger charge is 2.14. The number of ether oxygens (including phenoxy) is 1. The summed E-state index contributed by atoms with van der Waals surface area (Å²) in [7, 11) is 1.58. The first-order valence-corrected chi connectivity index (χ1v) is 10.6. The number of aromatic amines is 1. The van der Waals surface area contributed by atoms with Crippen LogP contribution in [0.4, 0.5) is 0 Å². The monoisotopic (exact) mass is 501 g/mol. The SMILES string of the molecule is COc1cc(-c2cccc3nc(Cc4nc5nc(Br)ccc5[nH]4)cn23)c(Cl)cc1Cl. The third-order valence-electron chi connectivity index (χ3n) is 4.77. The summed E-state index contributed by atoms with van der Waals surface area (Å²) in [4.78, 5) is 17.0. The first-order valence-electron chi connectivity index (χ1n) is 9.03. The molecule has 4 heterocycles. The Morgan fingerprint density at radius 1 is 1.07 bits per heavy atom. The zero-order valence-electron chi connectivity index (χ0n) is 15.7. The number of benzene rings is 1. The molecule has 1 aromatic carbocycles. The first-order chi connectivity index (χ1) is 14.5. The fourth-order valence-electron chi connectivity index (χ4n) is 3.42. The van der Waals surface area contributed by atoms with E-state index in [1.807, 2.05) is 47.0 Å². The van der Waals surface area contributed by atoms with Crippen molar-refractivity contribution in [2.24, 2.45) is 0 Å². The van der Waals surface area contributed by atoms with Crippen molar-refractivity contribution in [3.8, 4) is 17.0 Å². The predicted molar refractivity (Wildman–Crippen MR) is 122 cm³/mol. The van der Waals surface area contributed by atoms with Gasteiger partial charge in [-0.25, -0.2) is 15.0 Å². The highest BCUT2D eigenvalue weighted by Crippen LogP contribution is 2.37. The summed E-state index contributed by atoms with van der Waals surface area (Å²) < 4.78 is 8.11. The molecule has 0 bridgehead atoms. The van der Waals surface area contributed by atoms with Crippen LogP contribution in [0.1, 0.15) is 11.5 Å². The summed E-state index contributed by atoms with van der Waals surface area (Å²) in [6.07, 6.45) is 2.53. The number of imidazole rings is 2. The van der Waals surface area contributed by atoms with E-state index in [2.05, 4.69) is 30.9 Å². The molecule has 0 saturated carbocycles. The van der Waals surface area contributed by atoms with Gasteiger partial charge in [0.15, 0.2) is 5.65 Å². The van der Waals surface area contributed by atoms with E-state index in [4.69, 9.17) is 32.9 Å². The minimum Gasteiger partial charge on any atom is -0.495 e. The Morgan fingerprint density at radius 3 is 2.77 bits per heavy atom. The Bertz CT molecular complexity index is 1410. The Labute approximate surface area is 190 Å². The molecule has 5 aromatic rings. The van der Waals surface area contributed by atoms with Gasteiger partial charge in [0.05, 0.1) is 34.1 Å². The Morgan fingerprint density at radius 2 is 1.93 bits per heavy atom. The van der Waals surface area contributed by atoms with E-state index in [1.165, 1.54) is 0 Å². The fraction of sp³-hybridized carbons (Fsp3) is 0.0952. The molecular formula is C21H14BrCl2N5O. The van der Waals surface area contributed by atoms with E-state index >= 15 is 0 Å². The quantitative estimate of drug-likeness (QED) is 0.309. The average Bonchev–Trinajstić information content (AvgIpc) is 3.30. The van der Waals surface area contributed by atoms with Gasteiger partial charge in [0.2, 0.25) is 0 Å². The van der Waals surface area contributed by atoms with Crippen LogP contribution in [0.15, 0.2) is 53.3 Å². The van der Waals surface area contributed by atoms with Crippen LogP contribution in [0.3, 0.4) is 0 Å². The summed E-state index contributed by atoms with van der Waals surface area (Å²) in [5, 5.41) is 1.01. The molecule has 4 aromatic heterocycles. The molecule has 0 spiro atoms. The molecule has 5 rings (SSSR count). The van der Waals surface area contributed by atoms with Gasteiger partial charge in [-0.15, -0.1) is 0 Å². The van der Waals surface area contributed by atoms with E-state index in [0.717, 1.165) is 38.5 Å². The summed E-state index contributed by atoms with van der Waals surface area (Å²) in [5.74, 6) is 1.36. The second-order valence-electron chi connectivity index (χ2n) is 6.70. The molecule has 1 N–H and O–H groups in total. The van der Waals surface area contributed by atoms with Gasteiger partial charge < -0.3 is 9.72 Å². The van der Waals surface area contributed by atoms with Gasteiger partial charge in [-0.2, -0.15) is 0 Å². The molecule has 0 aliphatic carbocycles. The minimum absolute atomic E-state index is 0.467. The third-order valence-corrected chi connectivity index (χ3v) is 5.82. The smallest absolute Gasteiger partial charge is 0.178 e. The number of rotatable bonds is 4. The van der Waals surface area contributed by atoms with E-state index in [0.29, 0.717) is 27.9 Å². The molecule has 0 radical (unpaired) electrons. The molecular weight excluding hydrogens is 489 g/mol. The second-order valence-corrected chi connectivity index (χ2v) is 8.33. The number of methoxy groups -OCH3 is 1. The lowest BCUT2D eigenvalue weighted by atomic mass is 10.1. The average molecular weight is 503 g/mol. The maximum Gasteiger partial charge on any atom is 0.178 e. The van der Waals surface area contributed by atoms with Crippen molar-refractivity contribution in [2.45, 2.75) is 6.42 Å². The first kappa shape index (κ1) is 19.4. The lowest BCUT2D eigenvalue weighted by Crippen LogP contribution is -1.93. The molecule has 0 aliphatic heterocycles. The van der Waals surface area contributed by atoms with Crippen LogP contribution in [-0.4, -0.2) is 31.4 Å². The van der Waals surface area contributed by atoms with E-state index < -0.39 is 0 Å². The summed E-state index contributed by atoms with van der Waals surface area (Å²) in [6, 6.07) is 13.2. The Hall–Kier alpha value is -2.61. The van der Waals surface area contributed by atoms with Gasteiger partial charge in [0, 0.05) is 18.2 Å². The van der Waals surface area contributed by atoms with Crippen LogP contribution in [-0.2, 0) is 6.42 Å². The fourth-order valence-corrected chi connectivity index (χ4v) is 4.28. The van der Waals surface area contributed by atoms with Crippen molar-refractivity contribution in [1.82, 2.24) is 24.3 Å². The molecule has 0 atom stereocenters. The zero-order chi connectivity index (χ0) is 20.8. The number of fused-ring (bicyclic) bond motifs is 2. The molecule has 0 fully saturated rings. The van der Waals surface area contributed by atoms with Crippen LogP contribution >= 0.6 is 39.1 Å². The number of nitrogens with zero attached hydrogens (tertiary/aromatic N) is 4. The number of aromatic nitrogens is 5. The number of hydrogen-bond acceptors (Lipinski definition) is 4. The number of nitrogens with one attached hydrogen (secondary N) is 1. The summed E-state index contributed by atoms with van der Waals surface area (Å²) in [5.41, 5.74) is 4.94. The lowest BCUT2D eigenvalue weighted by Gasteiger charge is -2.11. The van der Waals surface area contributed by atoms with E-state index in [-0.39, 0.29) is 0 Å². The highest BCUT2D eigenvalue weighted by molar-refractivity contribution is 9.10. The van der Waals surface area contributed by atoms with Gasteiger partial charge in [-0.05, 0) is 52.3 Å². The maximum atomic E-state index is 6.49. The van der Waals surface area contributed by atoms with Crippen LogP contribution in [0.2, 0.25) is 10.0 Å². The van der Waals surface area contributed by atoms with Crippen LogP contribution in [0.25, 0.3) is 28.1 Å². The van der Waals surface area contributed by atoms with E-state index in [9.17, 15) is 0 Å².